The van der Waals surface area contributed by atoms with Crippen molar-refractivity contribution in [3.8, 4) is 16.3 Å². The highest BCUT2D eigenvalue weighted by Crippen LogP contribution is 2.32. The van der Waals surface area contributed by atoms with E-state index in [1.807, 2.05) is 23.6 Å². The molecule has 2 rings (SSSR count). The van der Waals surface area contributed by atoms with Gasteiger partial charge in [0.15, 0.2) is 0 Å². The fourth-order valence-electron chi connectivity index (χ4n) is 1.49. The van der Waals surface area contributed by atoms with E-state index in [4.69, 9.17) is 10.5 Å². The molecule has 1 atom stereocenters. The van der Waals surface area contributed by atoms with Gasteiger partial charge in [-0.2, -0.15) is 0 Å². The summed E-state index contributed by atoms with van der Waals surface area (Å²) in [6.45, 7) is 0.176. The van der Waals surface area contributed by atoms with Crippen LogP contribution in [0, 0.1) is 0 Å². The zero-order chi connectivity index (χ0) is 13.1. The monoisotopic (exact) mass is 328 g/mol. The van der Waals surface area contributed by atoms with Crippen molar-refractivity contribution >= 4 is 27.3 Å². The number of benzene rings is 1. The van der Waals surface area contributed by atoms with E-state index in [1.54, 1.807) is 7.11 Å². The van der Waals surface area contributed by atoms with Gasteiger partial charge in [-0.3, -0.25) is 0 Å². The van der Waals surface area contributed by atoms with Crippen molar-refractivity contribution < 1.29 is 9.84 Å². The zero-order valence-corrected chi connectivity index (χ0v) is 12.2. The maximum absolute atomic E-state index is 9.62. The van der Waals surface area contributed by atoms with Crippen LogP contribution in [-0.4, -0.2) is 23.7 Å². The number of nitrogens with zero attached hydrogens (tertiary/aromatic N) is 1. The van der Waals surface area contributed by atoms with Crippen molar-refractivity contribution in [1.29, 1.82) is 0 Å². The quantitative estimate of drug-likeness (QED) is 0.905. The molecule has 0 spiro atoms. The third-order valence-electron chi connectivity index (χ3n) is 2.49. The molecule has 4 nitrogen and oxygen atoms in total. The van der Waals surface area contributed by atoms with Crippen LogP contribution in [-0.2, 0) is 0 Å². The van der Waals surface area contributed by atoms with E-state index in [1.165, 1.54) is 11.3 Å². The number of thiazole rings is 1. The third-order valence-corrected chi connectivity index (χ3v) is 4.01. The molecule has 0 amide bonds. The second kappa shape index (κ2) is 5.79. The number of nitrogens with two attached hydrogens (primary N) is 1. The molecule has 1 aromatic heterocycles. The van der Waals surface area contributed by atoms with Gasteiger partial charge in [0, 0.05) is 17.5 Å². The topological polar surface area (TPSA) is 68.4 Å². The van der Waals surface area contributed by atoms with E-state index >= 15 is 0 Å². The van der Waals surface area contributed by atoms with Gasteiger partial charge in [0.05, 0.1) is 17.3 Å². The van der Waals surface area contributed by atoms with Gasteiger partial charge < -0.3 is 15.6 Å². The Hall–Kier alpha value is -0.950. The molecule has 0 aliphatic heterocycles. The van der Waals surface area contributed by atoms with Crippen molar-refractivity contribution in [3.05, 3.63) is 33.7 Å². The van der Waals surface area contributed by atoms with Crippen LogP contribution in [0.4, 0.5) is 0 Å². The first-order valence-electron chi connectivity index (χ1n) is 5.33. The number of methoxy groups -OCH3 is 1. The summed E-state index contributed by atoms with van der Waals surface area (Å²) in [6.07, 6.45) is -0.698. The zero-order valence-electron chi connectivity index (χ0n) is 9.76. The lowest BCUT2D eigenvalue weighted by Crippen LogP contribution is -2.11. The van der Waals surface area contributed by atoms with Crippen molar-refractivity contribution in [3.63, 3.8) is 0 Å². The Morgan fingerprint density at radius 3 is 2.94 bits per heavy atom. The summed E-state index contributed by atoms with van der Waals surface area (Å²) in [6, 6.07) is 5.75. The Labute approximate surface area is 118 Å². The minimum Gasteiger partial charge on any atom is -0.496 e. The average Bonchev–Trinajstić information content (AvgIpc) is 2.87. The lowest BCUT2D eigenvalue weighted by Gasteiger charge is -2.04. The normalized spacial score (nSPS) is 12.4. The van der Waals surface area contributed by atoms with E-state index in [-0.39, 0.29) is 6.54 Å². The summed E-state index contributed by atoms with van der Waals surface area (Å²) in [5.74, 6) is 0.775. The molecule has 1 unspecified atom stereocenters. The molecule has 0 saturated carbocycles. The maximum Gasteiger partial charge on any atom is 0.133 e. The van der Waals surface area contributed by atoms with Gasteiger partial charge in [0.25, 0.3) is 0 Å². The molecule has 0 saturated heterocycles. The van der Waals surface area contributed by atoms with Gasteiger partial charge in [0.1, 0.15) is 16.9 Å². The van der Waals surface area contributed by atoms with Crippen LogP contribution < -0.4 is 10.5 Å². The molecule has 2 aromatic rings. The number of halogens is 1. The number of rotatable bonds is 4. The molecule has 3 N–H and O–H groups in total. The molecule has 6 heteroatoms. The summed E-state index contributed by atoms with van der Waals surface area (Å²) in [5.41, 5.74) is 6.99. The van der Waals surface area contributed by atoms with E-state index in [0.717, 1.165) is 20.8 Å². The first-order valence-corrected chi connectivity index (χ1v) is 7.00. The molecule has 0 aliphatic carbocycles. The van der Waals surface area contributed by atoms with Crippen LogP contribution in [0.15, 0.2) is 28.1 Å². The average molecular weight is 329 g/mol. The molecule has 0 aliphatic rings. The Balaban J connectivity index is 2.31. The Bertz CT molecular complexity index is 545. The van der Waals surface area contributed by atoms with Gasteiger partial charge >= 0.3 is 0 Å². The lowest BCUT2D eigenvalue weighted by atomic mass is 10.2. The molecule has 0 fully saturated rings. The van der Waals surface area contributed by atoms with Crippen molar-refractivity contribution in [1.82, 2.24) is 4.98 Å². The number of aromatic nitrogens is 1. The van der Waals surface area contributed by atoms with E-state index < -0.39 is 6.10 Å². The SMILES string of the molecule is COc1ccc(-c2nc(C(O)CN)cs2)cc1Br. The molecular weight excluding hydrogens is 316 g/mol. The van der Waals surface area contributed by atoms with Crippen LogP contribution in [0.25, 0.3) is 10.6 Å². The molecule has 1 aromatic carbocycles. The molecule has 18 heavy (non-hydrogen) atoms. The predicted octanol–water partition coefficient (Wildman–Crippen LogP) is 2.57. The number of aliphatic hydroxyl groups excluding tert-OH is 1. The van der Waals surface area contributed by atoms with Crippen LogP contribution in [0.2, 0.25) is 0 Å². The summed E-state index contributed by atoms with van der Waals surface area (Å²) in [4.78, 5) is 4.37. The molecule has 1 heterocycles. The van der Waals surface area contributed by atoms with E-state index in [2.05, 4.69) is 20.9 Å². The fraction of sp³-hybridized carbons (Fsp3) is 0.250. The predicted molar refractivity (Wildman–Crippen MR) is 75.8 cm³/mol. The highest BCUT2D eigenvalue weighted by molar-refractivity contribution is 9.10. The molecule has 0 radical (unpaired) electrons. The summed E-state index contributed by atoms with van der Waals surface area (Å²) >= 11 is 4.92. The Morgan fingerprint density at radius 2 is 2.33 bits per heavy atom. The molecule has 0 bridgehead atoms. The molecule has 96 valence electrons. The van der Waals surface area contributed by atoms with Crippen molar-refractivity contribution in [2.45, 2.75) is 6.10 Å². The molecular formula is C12H13BrN2O2S. The first-order chi connectivity index (χ1) is 8.65. The van der Waals surface area contributed by atoms with Gasteiger partial charge in [-0.15, -0.1) is 11.3 Å². The highest BCUT2D eigenvalue weighted by atomic mass is 79.9. The van der Waals surface area contributed by atoms with E-state index in [0.29, 0.717) is 5.69 Å². The fourth-order valence-corrected chi connectivity index (χ4v) is 2.90. The second-order valence-corrected chi connectivity index (χ2v) is 5.39. The number of aliphatic hydroxyl groups is 1. The van der Waals surface area contributed by atoms with Gasteiger partial charge in [0.2, 0.25) is 0 Å². The van der Waals surface area contributed by atoms with Crippen LogP contribution in [0.5, 0.6) is 5.75 Å². The third kappa shape index (κ3) is 2.72. The summed E-state index contributed by atoms with van der Waals surface area (Å²) in [5, 5.41) is 12.3. The summed E-state index contributed by atoms with van der Waals surface area (Å²) in [7, 11) is 1.62. The largest absolute Gasteiger partial charge is 0.496 e. The van der Waals surface area contributed by atoms with Gasteiger partial charge in [-0.25, -0.2) is 4.98 Å². The smallest absolute Gasteiger partial charge is 0.133 e. The van der Waals surface area contributed by atoms with Crippen LogP contribution >= 0.6 is 27.3 Å². The van der Waals surface area contributed by atoms with Gasteiger partial charge in [-0.05, 0) is 34.1 Å². The maximum atomic E-state index is 9.62. The minimum atomic E-state index is -0.698. The summed E-state index contributed by atoms with van der Waals surface area (Å²) < 4.78 is 6.05. The lowest BCUT2D eigenvalue weighted by molar-refractivity contribution is 0.182. The number of hydrogen-bond donors (Lipinski definition) is 2. The van der Waals surface area contributed by atoms with Crippen LogP contribution in [0.3, 0.4) is 0 Å². The first kappa shape index (κ1) is 13.5. The van der Waals surface area contributed by atoms with Gasteiger partial charge in [-0.1, -0.05) is 0 Å². The minimum absolute atomic E-state index is 0.176. The number of hydrogen-bond acceptors (Lipinski definition) is 5. The number of ether oxygens (including phenoxy) is 1. The van der Waals surface area contributed by atoms with Crippen LogP contribution in [0.1, 0.15) is 11.8 Å². The van der Waals surface area contributed by atoms with Crippen molar-refractivity contribution in [2.75, 3.05) is 13.7 Å². The Morgan fingerprint density at radius 1 is 1.56 bits per heavy atom. The highest BCUT2D eigenvalue weighted by Gasteiger charge is 2.12. The van der Waals surface area contributed by atoms with Crippen molar-refractivity contribution in [2.24, 2.45) is 5.73 Å². The van der Waals surface area contributed by atoms with E-state index in [9.17, 15) is 5.11 Å². The standard InChI is InChI=1S/C12H13BrN2O2S/c1-17-11-3-2-7(4-8(11)13)12-15-9(6-18-12)10(16)5-14/h2-4,6,10,16H,5,14H2,1H3. The Kier molecular flexibility index (Phi) is 4.34. The second-order valence-electron chi connectivity index (χ2n) is 3.68.